The summed E-state index contributed by atoms with van der Waals surface area (Å²) in [5, 5.41) is 2.36. The van der Waals surface area contributed by atoms with Crippen molar-refractivity contribution in [1.29, 1.82) is 0 Å². The van der Waals surface area contributed by atoms with Crippen LogP contribution in [0, 0.1) is 0 Å². The fourth-order valence-corrected chi connectivity index (χ4v) is 5.79. The van der Waals surface area contributed by atoms with Gasteiger partial charge < -0.3 is 4.74 Å². The van der Waals surface area contributed by atoms with E-state index in [1.54, 1.807) is 0 Å². The van der Waals surface area contributed by atoms with E-state index < -0.39 is 0 Å². The lowest BCUT2D eigenvalue weighted by molar-refractivity contribution is 0.479. The van der Waals surface area contributed by atoms with Gasteiger partial charge >= 0.3 is 0 Å². The summed E-state index contributed by atoms with van der Waals surface area (Å²) < 4.78 is 11.0. The van der Waals surface area contributed by atoms with Crippen molar-refractivity contribution in [3.8, 4) is 28.6 Å². The predicted octanol–water partition coefficient (Wildman–Crippen LogP) is 9.88. The van der Waals surface area contributed by atoms with Crippen molar-refractivity contribution in [3.05, 3.63) is 121 Å². The van der Waals surface area contributed by atoms with E-state index in [0.29, 0.717) is 0 Å². The molecule has 0 saturated carbocycles. The van der Waals surface area contributed by atoms with Gasteiger partial charge in [-0.1, -0.05) is 65.8 Å². The number of aromatic nitrogens is 4. The summed E-state index contributed by atoms with van der Waals surface area (Å²) in [6.07, 6.45) is 5.90. The van der Waals surface area contributed by atoms with Crippen LogP contribution < -0.4 is 4.74 Å². The summed E-state index contributed by atoms with van der Waals surface area (Å²) in [7, 11) is 0. The first-order valence-electron chi connectivity index (χ1n) is 14.8. The number of nitrogens with zero attached hydrogens (tertiary/aromatic N) is 4. The molecule has 5 heteroatoms. The Morgan fingerprint density at radius 3 is 2.21 bits per heavy atom. The van der Waals surface area contributed by atoms with Gasteiger partial charge in [0.2, 0.25) is 0 Å². The molecule has 0 unspecified atom stereocenters. The number of para-hydroxylation sites is 1. The molecule has 0 atom stereocenters. The zero-order chi connectivity index (χ0) is 29.9. The van der Waals surface area contributed by atoms with E-state index in [0.717, 1.165) is 45.3 Å². The molecule has 0 aliphatic heterocycles. The second kappa shape index (κ2) is 9.84. The number of imidazole rings is 1. The van der Waals surface area contributed by atoms with E-state index in [-0.39, 0.29) is 10.8 Å². The van der Waals surface area contributed by atoms with Gasteiger partial charge in [0.25, 0.3) is 0 Å². The molecule has 0 amide bonds. The third-order valence-corrected chi connectivity index (χ3v) is 8.21. The molecular weight excluding hydrogens is 528 g/mol. The van der Waals surface area contributed by atoms with E-state index >= 15 is 0 Å². The normalized spacial score (nSPS) is 12.4. The molecule has 0 N–H and O–H groups in total. The first kappa shape index (κ1) is 27.0. The molecular formula is C38H36N4O. The quantitative estimate of drug-likeness (QED) is 0.214. The zero-order valence-corrected chi connectivity index (χ0v) is 25.6. The molecule has 0 fully saturated rings. The van der Waals surface area contributed by atoms with Crippen LogP contribution in [0.3, 0.4) is 0 Å². The van der Waals surface area contributed by atoms with Gasteiger partial charge in [0, 0.05) is 34.8 Å². The molecule has 0 bridgehead atoms. The lowest BCUT2D eigenvalue weighted by Crippen LogP contribution is -2.12. The minimum absolute atomic E-state index is 0.0152. The summed E-state index contributed by atoms with van der Waals surface area (Å²) in [5.74, 6) is 2.47. The minimum atomic E-state index is -0.0608. The lowest BCUT2D eigenvalue weighted by atomic mass is 9.85. The van der Waals surface area contributed by atoms with E-state index in [1.807, 2.05) is 30.6 Å². The maximum Gasteiger partial charge on any atom is 0.137 e. The Kier molecular flexibility index (Phi) is 6.17. The lowest BCUT2D eigenvalue weighted by Gasteiger charge is -2.21. The van der Waals surface area contributed by atoms with Gasteiger partial charge in [-0.15, -0.1) is 0 Å². The number of pyridine rings is 2. The summed E-state index contributed by atoms with van der Waals surface area (Å²) in [4.78, 5) is 9.46. The number of ether oxygens (including phenoxy) is 1. The van der Waals surface area contributed by atoms with E-state index in [2.05, 4.69) is 134 Å². The Morgan fingerprint density at radius 2 is 1.40 bits per heavy atom. The van der Waals surface area contributed by atoms with Crippen molar-refractivity contribution in [2.75, 3.05) is 0 Å². The summed E-state index contributed by atoms with van der Waals surface area (Å²) in [6, 6.07) is 31.8. The van der Waals surface area contributed by atoms with Crippen molar-refractivity contribution >= 4 is 27.5 Å². The Morgan fingerprint density at radius 1 is 0.628 bits per heavy atom. The highest BCUT2D eigenvalue weighted by molar-refractivity contribution is 6.09. The van der Waals surface area contributed by atoms with Crippen molar-refractivity contribution in [1.82, 2.24) is 18.9 Å². The summed E-state index contributed by atoms with van der Waals surface area (Å²) in [5.41, 5.74) is 7.61. The van der Waals surface area contributed by atoms with Crippen LogP contribution in [0.4, 0.5) is 0 Å². The van der Waals surface area contributed by atoms with Crippen LogP contribution >= 0.6 is 0 Å². The highest BCUT2D eigenvalue weighted by Gasteiger charge is 2.20. The molecule has 0 radical (unpaired) electrons. The Bertz CT molecular complexity index is 2140. The van der Waals surface area contributed by atoms with Gasteiger partial charge in [-0.05, 0) is 82.6 Å². The molecule has 214 valence electrons. The maximum atomic E-state index is 6.67. The average molecular weight is 565 g/mol. The molecule has 43 heavy (non-hydrogen) atoms. The summed E-state index contributed by atoms with van der Waals surface area (Å²) >= 11 is 0. The van der Waals surface area contributed by atoms with Crippen LogP contribution in [-0.2, 0) is 10.8 Å². The molecule has 7 rings (SSSR count). The van der Waals surface area contributed by atoms with Gasteiger partial charge in [-0.2, -0.15) is 0 Å². The van der Waals surface area contributed by atoms with E-state index in [1.165, 1.54) is 21.9 Å². The second-order valence-electron chi connectivity index (χ2n) is 13.4. The highest BCUT2D eigenvalue weighted by Crippen LogP contribution is 2.38. The Labute approximate surface area is 252 Å². The fourth-order valence-electron chi connectivity index (χ4n) is 5.79. The minimum Gasteiger partial charge on any atom is -0.457 e. The maximum absolute atomic E-state index is 6.67. The molecule has 5 nitrogen and oxygen atoms in total. The molecule has 0 spiro atoms. The SMILES string of the molecule is CC(C)(C)c1cc(Oc2ccc3c4ccccc4n(-c4cc(C(C)(C)C)ccn4)c3c2)cc(-c2cnc3ccccn23)c1. The largest absolute Gasteiger partial charge is 0.457 e. The Hall–Kier alpha value is -4.90. The number of hydrogen-bond donors (Lipinski definition) is 0. The van der Waals surface area contributed by atoms with Crippen molar-refractivity contribution in [2.24, 2.45) is 0 Å². The third-order valence-electron chi connectivity index (χ3n) is 8.21. The third kappa shape index (κ3) is 4.85. The van der Waals surface area contributed by atoms with Crippen molar-refractivity contribution in [3.63, 3.8) is 0 Å². The molecule has 4 aromatic heterocycles. The van der Waals surface area contributed by atoms with Crippen LogP contribution in [-0.4, -0.2) is 18.9 Å². The highest BCUT2D eigenvalue weighted by atomic mass is 16.5. The van der Waals surface area contributed by atoms with Crippen LogP contribution in [0.5, 0.6) is 11.5 Å². The van der Waals surface area contributed by atoms with Crippen LogP contribution in [0.25, 0.3) is 44.5 Å². The predicted molar refractivity (Wildman–Crippen MR) is 177 cm³/mol. The topological polar surface area (TPSA) is 44.3 Å². The first-order valence-corrected chi connectivity index (χ1v) is 14.8. The van der Waals surface area contributed by atoms with Gasteiger partial charge in [0.05, 0.1) is 22.9 Å². The van der Waals surface area contributed by atoms with Crippen molar-refractivity contribution in [2.45, 2.75) is 52.4 Å². The van der Waals surface area contributed by atoms with Gasteiger partial charge in [-0.25, -0.2) is 9.97 Å². The second-order valence-corrected chi connectivity index (χ2v) is 13.4. The molecule has 0 aliphatic rings. The fraction of sp³-hybridized carbons (Fsp3) is 0.211. The number of rotatable bonds is 4. The van der Waals surface area contributed by atoms with Gasteiger partial charge in [0.1, 0.15) is 23.0 Å². The molecule has 3 aromatic carbocycles. The zero-order valence-electron chi connectivity index (χ0n) is 25.6. The average Bonchev–Trinajstić information content (AvgIpc) is 3.55. The molecule has 0 saturated heterocycles. The van der Waals surface area contributed by atoms with Crippen LogP contribution in [0.2, 0.25) is 0 Å². The van der Waals surface area contributed by atoms with Gasteiger partial charge in [-0.3, -0.25) is 8.97 Å². The van der Waals surface area contributed by atoms with Crippen LogP contribution in [0.15, 0.2) is 110 Å². The monoisotopic (exact) mass is 564 g/mol. The smallest absolute Gasteiger partial charge is 0.137 e. The van der Waals surface area contributed by atoms with E-state index in [4.69, 9.17) is 9.72 Å². The van der Waals surface area contributed by atoms with Gasteiger partial charge in [0.15, 0.2) is 0 Å². The van der Waals surface area contributed by atoms with E-state index in [9.17, 15) is 0 Å². The summed E-state index contributed by atoms with van der Waals surface area (Å²) in [6.45, 7) is 13.4. The van der Waals surface area contributed by atoms with Crippen LogP contribution in [0.1, 0.15) is 52.7 Å². The number of benzene rings is 3. The molecule has 4 heterocycles. The first-order chi connectivity index (χ1) is 20.6. The molecule has 7 aromatic rings. The standard InChI is InChI=1S/C38H36N4O/c1-37(2,3)26-16-17-39-36(22-26)42-32-12-8-7-11-30(32)31-15-14-28(23-33(31)42)43-29-20-25(19-27(21-29)38(4,5)6)34-24-40-35-13-9-10-18-41(34)35/h7-24H,1-6H3. The molecule has 0 aliphatic carbocycles. The Balaban J connectivity index is 1.37. The number of fused-ring (bicyclic) bond motifs is 4. The number of hydrogen-bond acceptors (Lipinski definition) is 3. The van der Waals surface area contributed by atoms with Crippen molar-refractivity contribution < 1.29 is 4.74 Å².